The molecule has 0 spiro atoms. The number of ether oxygens (including phenoxy) is 4. The van der Waals surface area contributed by atoms with E-state index in [2.05, 4.69) is 6.07 Å². The van der Waals surface area contributed by atoms with Gasteiger partial charge in [0.2, 0.25) is 5.88 Å². The first-order valence-electron chi connectivity index (χ1n) is 12.1. The molecular formula is C29H26Cl2N2O5. The zero-order valence-corrected chi connectivity index (χ0v) is 22.4. The molecule has 4 rings (SSSR count). The fraction of sp³-hybridized carbons (Fsp3) is 0.241. The number of hydrogen-bond acceptors (Lipinski definition) is 7. The summed E-state index contributed by atoms with van der Waals surface area (Å²) in [4.78, 5) is 12.9. The van der Waals surface area contributed by atoms with Crippen molar-refractivity contribution in [3.63, 3.8) is 0 Å². The molecular weight excluding hydrogens is 527 g/mol. The van der Waals surface area contributed by atoms with E-state index in [1.807, 2.05) is 38.1 Å². The van der Waals surface area contributed by atoms with Gasteiger partial charge in [-0.05, 0) is 37.1 Å². The van der Waals surface area contributed by atoms with Crippen LogP contribution in [0.1, 0.15) is 54.1 Å². The lowest BCUT2D eigenvalue weighted by Gasteiger charge is -2.28. The van der Waals surface area contributed by atoms with Crippen LogP contribution in [0.25, 0.3) is 0 Å². The Hall–Kier alpha value is -3.86. The van der Waals surface area contributed by atoms with E-state index in [-0.39, 0.29) is 32.8 Å². The minimum atomic E-state index is -0.664. The van der Waals surface area contributed by atoms with Crippen LogP contribution < -0.4 is 24.7 Å². The van der Waals surface area contributed by atoms with Crippen molar-refractivity contribution < 1.29 is 23.7 Å². The summed E-state index contributed by atoms with van der Waals surface area (Å²) >= 11 is 12.6. The standard InChI is InChI=1S/C29H26Cl2N2O5/c1-3-11-35-24-8-6-5-7-19(24)26-20-10-9-18(15-25(20)38-28(33)21(26)16-32)37-29(34)17-13-22(30)27(23(31)14-17)36-12-4-2/h5-10,13-15,26H,3-4,11-12,33H2,1-2H3. The van der Waals surface area contributed by atoms with E-state index in [4.69, 9.17) is 47.9 Å². The zero-order valence-electron chi connectivity index (χ0n) is 20.9. The number of hydrogen-bond donors (Lipinski definition) is 1. The molecule has 0 saturated carbocycles. The number of halogens is 2. The van der Waals surface area contributed by atoms with Crippen LogP contribution in [-0.2, 0) is 0 Å². The van der Waals surface area contributed by atoms with Crippen LogP contribution in [0, 0.1) is 11.3 Å². The Morgan fingerprint density at radius 2 is 1.68 bits per heavy atom. The third-order valence-electron chi connectivity index (χ3n) is 5.78. The highest BCUT2D eigenvalue weighted by Crippen LogP contribution is 2.46. The molecule has 3 aromatic rings. The number of carbonyl (C=O) groups is 1. The summed E-state index contributed by atoms with van der Waals surface area (Å²) in [5.41, 5.74) is 8.05. The molecule has 0 saturated heterocycles. The van der Waals surface area contributed by atoms with Crippen molar-refractivity contribution in [2.24, 2.45) is 5.73 Å². The molecule has 38 heavy (non-hydrogen) atoms. The molecule has 1 heterocycles. The summed E-state index contributed by atoms with van der Waals surface area (Å²) < 4.78 is 22.9. The lowest BCUT2D eigenvalue weighted by molar-refractivity contribution is 0.0734. The average molecular weight is 553 g/mol. The number of nitriles is 1. The quantitative estimate of drug-likeness (QED) is 0.225. The van der Waals surface area contributed by atoms with E-state index in [0.29, 0.717) is 36.0 Å². The highest BCUT2D eigenvalue weighted by molar-refractivity contribution is 6.37. The van der Waals surface area contributed by atoms with E-state index in [0.717, 1.165) is 18.4 Å². The van der Waals surface area contributed by atoms with Gasteiger partial charge in [-0.25, -0.2) is 4.79 Å². The molecule has 1 aliphatic heterocycles. The van der Waals surface area contributed by atoms with Crippen molar-refractivity contribution in [1.29, 1.82) is 5.26 Å². The highest BCUT2D eigenvalue weighted by atomic mass is 35.5. The van der Waals surface area contributed by atoms with Gasteiger partial charge in [-0.2, -0.15) is 5.26 Å². The predicted molar refractivity (Wildman–Crippen MR) is 145 cm³/mol. The molecule has 0 bridgehead atoms. The second kappa shape index (κ2) is 12.1. The molecule has 0 amide bonds. The van der Waals surface area contributed by atoms with Crippen LogP contribution in [0.4, 0.5) is 0 Å². The summed E-state index contributed by atoms with van der Waals surface area (Å²) in [6, 6.07) is 17.5. The number of nitrogens with two attached hydrogens (primary N) is 1. The van der Waals surface area contributed by atoms with Crippen LogP contribution in [0.3, 0.4) is 0 Å². The Morgan fingerprint density at radius 1 is 1.00 bits per heavy atom. The molecule has 2 N–H and O–H groups in total. The monoisotopic (exact) mass is 552 g/mol. The number of nitrogens with zero attached hydrogens (tertiary/aromatic N) is 1. The maximum absolute atomic E-state index is 12.9. The number of fused-ring (bicyclic) bond motifs is 1. The second-order valence-electron chi connectivity index (χ2n) is 8.52. The van der Waals surface area contributed by atoms with Crippen molar-refractivity contribution in [2.75, 3.05) is 13.2 Å². The Labute approximate surface area is 231 Å². The van der Waals surface area contributed by atoms with Crippen LogP contribution >= 0.6 is 23.2 Å². The number of benzene rings is 3. The van der Waals surface area contributed by atoms with Gasteiger partial charge in [0.1, 0.15) is 28.9 Å². The van der Waals surface area contributed by atoms with Crippen molar-refractivity contribution in [2.45, 2.75) is 32.6 Å². The molecule has 0 radical (unpaired) electrons. The largest absolute Gasteiger partial charge is 0.493 e. The number of esters is 1. The maximum Gasteiger partial charge on any atom is 0.343 e. The molecule has 3 aromatic carbocycles. The first-order valence-corrected chi connectivity index (χ1v) is 12.9. The summed E-state index contributed by atoms with van der Waals surface area (Å²) in [7, 11) is 0. The smallest absolute Gasteiger partial charge is 0.343 e. The highest BCUT2D eigenvalue weighted by Gasteiger charge is 2.33. The lowest BCUT2D eigenvalue weighted by atomic mass is 9.83. The van der Waals surface area contributed by atoms with E-state index >= 15 is 0 Å². The lowest BCUT2D eigenvalue weighted by Crippen LogP contribution is -2.21. The minimum Gasteiger partial charge on any atom is -0.493 e. The Kier molecular flexibility index (Phi) is 8.67. The molecule has 7 nitrogen and oxygen atoms in total. The fourth-order valence-corrected chi connectivity index (χ4v) is 4.66. The zero-order chi connectivity index (χ0) is 27.2. The van der Waals surface area contributed by atoms with E-state index in [1.54, 1.807) is 18.2 Å². The topological polar surface area (TPSA) is 104 Å². The van der Waals surface area contributed by atoms with Crippen LogP contribution in [0.2, 0.25) is 10.0 Å². The van der Waals surface area contributed by atoms with E-state index in [9.17, 15) is 10.1 Å². The molecule has 1 aliphatic rings. The van der Waals surface area contributed by atoms with Gasteiger partial charge in [-0.3, -0.25) is 0 Å². The van der Waals surface area contributed by atoms with Crippen LogP contribution in [0.5, 0.6) is 23.0 Å². The van der Waals surface area contributed by atoms with Gasteiger partial charge in [-0.1, -0.05) is 61.3 Å². The predicted octanol–water partition coefficient (Wildman–Crippen LogP) is 7.01. The summed E-state index contributed by atoms with van der Waals surface area (Å²) in [5.74, 6) is 0.343. The first kappa shape index (κ1) is 27.2. The SMILES string of the molecule is CCCOc1ccccc1C1C(C#N)=C(N)Oc2cc(OC(=O)c3cc(Cl)c(OCCC)c(Cl)c3)ccc21. The normalized spacial score (nSPS) is 14.2. The van der Waals surface area contributed by atoms with Gasteiger partial charge in [0, 0.05) is 17.2 Å². The third kappa shape index (κ3) is 5.67. The summed E-state index contributed by atoms with van der Waals surface area (Å²) in [6.45, 7) is 4.95. The minimum absolute atomic E-state index is 0.0278. The third-order valence-corrected chi connectivity index (χ3v) is 6.34. The molecule has 1 atom stereocenters. The summed E-state index contributed by atoms with van der Waals surface area (Å²) in [5, 5.41) is 10.3. The molecule has 0 aliphatic carbocycles. The van der Waals surface area contributed by atoms with E-state index < -0.39 is 11.9 Å². The van der Waals surface area contributed by atoms with E-state index in [1.165, 1.54) is 12.1 Å². The van der Waals surface area contributed by atoms with Crippen molar-refractivity contribution in [3.05, 3.63) is 92.8 Å². The molecule has 0 fully saturated rings. The molecule has 0 aromatic heterocycles. The molecule has 1 unspecified atom stereocenters. The van der Waals surface area contributed by atoms with Crippen LogP contribution in [0.15, 0.2) is 66.1 Å². The number of allylic oxidation sites excluding steroid dienone is 1. The Morgan fingerprint density at radius 3 is 2.37 bits per heavy atom. The average Bonchev–Trinajstić information content (AvgIpc) is 2.90. The van der Waals surface area contributed by atoms with Gasteiger partial charge >= 0.3 is 5.97 Å². The fourth-order valence-electron chi connectivity index (χ4n) is 4.07. The summed E-state index contributed by atoms with van der Waals surface area (Å²) in [6.07, 6.45) is 1.62. The van der Waals surface area contributed by atoms with Gasteiger partial charge in [0.15, 0.2) is 5.75 Å². The number of rotatable bonds is 9. The van der Waals surface area contributed by atoms with Crippen molar-refractivity contribution in [1.82, 2.24) is 0 Å². The Balaban J connectivity index is 1.65. The maximum atomic E-state index is 12.9. The second-order valence-corrected chi connectivity index (χ2v) is 9.33. The number of carbonyl (C=O) groups excluding carboxylic acids is 1. The van der Waals surface area contributed by atoms with Gasteiger partial charge in [-0.15, -0.1) is 0 Å². The van der Waals surface area contributed by atoms with Crippen molar-refractivity contribution in [3.8, 4) is 29.1 Å². The van der Waals surface area contributed by atoms with Crippen molar-refractivity contribution >= 4 is 29.2 Å². The van der Waals surface area contributed by atoms with Gasteiger partial charge < -0.3 is 24.7 Å². The van der Waals surface area contributed by atoms with Gasteiger partial charge in [0.05, 0.1) is 34.7 Å². The van der Waals surface area contributed by atoms with Crippen LogP contribution in [-0.4, -0.2) is 19.2 Å². The Bertz CT molecular complexity index is 1410. The van der Waals surface area contributed by atoms with Gasteiger partial charge in [0.25, 0.3) is 0 Å². The molecule has 9 heteroatoms. The number of para-hydroxylation sites is 1. The molecule has 196 valence electrons. The first-order chi connectivity index (χ1) is 18.4.